The van der Waals surface area contributed by atoms with Gasteiger partial charge < -0.3 is 5.32 Å². The Hall–Kier alpha value is -3.54. The molecule has 158 valence electrons. The Morgan fingerprint density at radius 2 is 1.81 bits per heavy atom. The van der Waals surface area contributed by atoms with E-state index in [9.17, 15) is 18.8 Å². The van der Waals surface area contributed by atoms with Crippen LogP contribution in [0.15, 0.2) is 65.6 Å². The minimum atomic E-state index is -0.568. The second-order valence-corrected chi connectivity index (χ2v) is 8.66. The average molecular weight is 418 g/mol. The van der Waals surface area contributed by atoms with Crippen molar-refractivity contribution < 1.29 is 14.0 Å². The number of rotatable bonds is 4. The van der Waals surface area contributed by atoms with Crippen LogP contribution in [0.3, 0.4) is 0 Å². The van der Waals surface area contributed by atoms with Crippen molar-refractivity contribution in [3.63, 3.8) is 0 Å². The van der Waals surface area contributed by atoms with Gasteiger partial charge in [0.25, 0.3) is 11.5 Å². The Labute approximate surface area is 179 Å². The summed E-state index contributed by atoms with van der Waals surface area (Å²) in [6, 6.07) is 14.8. The standard InChI is InChI=1S/C25H23FN2O3/c1-25(2)12-19-20(21(29)13-25)15-28(18-9-4-3-5-10-18)24(31)22(19)23(30)27-14-16-7-6-8-17(26)11-16/h3-11,15H,12-14H2,1-2H3,(H,27,30). The van der Waals surface area contributed by atoms with Gasteiger partial charge in [0, 0.05) is 30.4 Å². The molecule has 0 spiro atoms. The fraction of sp³-hybridized carbons (Fsp3) is 0.240. The molecular weight excluding hydrogens is 395 g/mol. The molecule has 0 saturated heterocycles. The number of fused-ring (bicyclic) bond motifs is 1. The lowest BCUT2D eigenvalue weighted by atomic mass is 9.73. The molecule has 4 rings (SSSR count). The monoisotopic (exact) mass is 418 g/mol. The number of ketones is 1. The summed E-state index contributed by atoms with van der Waals surface area (Å²) in [5.74, 6) is -1.06. The summed E-state index contributed by atoms with van der Waals surface area (Å²) in [5, 5.41) is 2.72. The van der Waals surface area contributed by atoms with E-state index in [4.69, 9.17) is 0 Å². The number of carbonyl (C=O) groups is 2. The first-order valence-corrected chi connectivity index (χ1v) is 10.1. The molecule has 0 bridgehead atoms. The first-order valence-electron chi connectivity index (χ1n) is 10.1. The highest BCUT2D eigenvalue weighted by Gasteiger charge is 2.35. The summed E-state index contributed by atoms with van der Waals surface area (Å²) in [4.78, 5) is 39.5. The van der Waals surface area contributed by atoms with Gasteiger partial charge in [0.05, 0.1) is 0 Å². The number of hydrogen-bond donors (Lipinski definition) is 1. The third-order valence-electron chi connectivity index (χ3n) is 5.52. The zero-order chi connectivity index (χ0) is 22.2. The van der Waals surface area contributed by atoms with Crippen LogP contribution < -0.4 is 10.9 Å². The molecule has 6 heteroatoms. The van der Waals surface area contributed by atoms with Gasteiger partial charge >= 0.3 is 0 Å². The number of benzene rings is 2. The Morgan fingerprint density at radius 3 is 2.52 bits per heavy atom. The third kappa shape index (κ3) is 4.19. The Kier molecular flexibility index (Phi) is 5.31. The van der Waals surface area contributed by atoms with Crippen LogP contribution in [-0.4, -0.2) is 16.3 Å². The molecule has 0 radical (unpaired) electrons. The second-order valence-electron chi connectivity index (χ2n) is 8.66. The van der Waals surface area contributed by atoms with E-state index in [-0.39, 0.29) is 23.3 Å². The van der Waals surface area contributed by atoms with Crippen LogP contribution in [0.25, 0.3) is 5.69 Å². The van der Waals surface area contributed by atoms with Gasteiger partial charge in [0.2, 0.25) is 0 Å². The lowest BCUT2D eigenvalue weighted by Crippen LogP contribution is -2.38. The highest BCUT2D eigenvalue weighted by molar-refractivity contribution is 6.04. The SMILES string of the molecule is CC1(C)CC(=O)c2cn(-c3ccccc3)c(=O)c(C(=O)NCc3cccc(F)c3)c2C1. The molecule has 31 heavy (non-hydrogen) atoms. The molecule has 0 fully saturated rings. The number of amides is 1. The molecule has 5 nitrogen and oxygen atoms in total. The van der Waals surface area contributed by atoms with Gasteiger partial charge in [-0.2, -0.15) is 0 Å². The summed E-state index contributed by atoms with van der Waals surface area (Å²) in [7, 11) is 0. The molecule has 2 aromatic carbocycles. The third-order valence-corrected chi connectivity index (χ3v) is 5.52. The maximum Gasteiger partial charge on any atom is 0.268 e. The fourth-order valence-electron chi connectivity index (χ4n) is 4.08. The van der Waals surface area contributed by atoms with E-state index in [1.807, 2.05) is 19.9 Å². The van der Waals surface area contributed by atoms with Gasteiger partial charge in [0.1, 0.15) is 11.4 Å². The molecule has 0 atom stereocenters. The normalized spacial score (nSPS) is 14.7. The zero-order valence-corrected chi connectivity index (χ0v) is 17.4. The van der Waals surface area contributed by atoms with Crippen molar-refractivity contribution >= 4 is 11.7 Å². The first kappa shape index (κ1) is 20.7. The summed E-state index contributed by atoms with van der Waals surface area (Å²) in [5.41, 5.74) is 1.18. The van der Waals surface area contributed by atoms with E-state index >= 15 is 0 Å². The largest absolute Gasteiger partial charge is 0.348 e. The van der Waals surface area contributed by atoms with Gasteiger partial charge in [-0.05, 0) is 47.2 Å². The number of pyridine rings is 1. The number of carbonyl (C=O) groups excluding carboxylic acids is 2. The van der Waals surface area contributed by atoms with Crippen molar-refractivity contribution in [2.75, 3.05) is 0 Å². The number of Topliss-reactive ketones (excluding diaryl/α,β-unsaturated/α-hetero) is 1. The lowest BCUT2D eigenvalue weighted by molar-refractivity contribution is 0.0909. The zero-order valence-electron chi connectivity index (χ0n) is 17.4. The molecule has 3 aromatic rings. The highest BCUT2D eigenvalue weighted by Crippen LogP contribution is 2.35. The number of halogens is 1. The second kappa shape index (κ2) is 7.95. The van der Waals surface area contributed by atoms with E-state index in [0.29, 0.717) is 35.2 Å². The van der Waals surface area contributed by atoms with Gasteiger partial charge in [-0.1, -0.05) is 44.2 Å². The minimum Gasteiger partial charge on any atom is -0.348 e. The average Bonchev–Trinajstić information content (AvgIpc) is 2.72. The number of nitrogens with zero attached hydrogens (tertiary/aromatic N) is 1. The van der Waals surface area contributed by atoms with Gasteiger partial charge in [-0.25, -0.2) is 4.39 Å². The molecule has 1 aliphatic rings. The first-order chi connectivity index (χ1) is 14.7. The van der Waals surface area contributed by atoms with Crippen LogP contribution in [0.4, 0.5) is 4.39 Å². The predicted octanol–water partition coefficient (Wildman–Crippen LogP) is 4.06. The van der Waals surface area contributed by atoms with Gasteiger partial charge in [0.15, 0.2) is 5.78 Å². The predicted molar refractivity (Wildman–Crippen MR) is 116 cm³/mol. The smallest absolute Gasteiger partial charge is 0.268 e. The molecule has 0 saturated carbocycles. The number of aromatic nitrogens is 1. The molecule has 1 heterocycles. The number of para-hydroxylation sites is 1. The minimum absolute atomic E-state index is 0.0288. The van der Waals surface area contributed by atoms with E-state index in [0.717, 1.165) is 0 Å². The maximum absolute atomic E-state index is 13.5. The van der Waals surface area contributed by atoms with Crippen molar-refractivity contribution in [2.24, 2.45) is 5.41 Å². The Balaban J connectivity index is 1.81. The number of nitrogens with one attached hydrogen (secondary N) is 1. The van der Waals surface area contributed by atoms with Crippen LogP contribution in [0.5, 0.6) is 0 Å². The quantitative estimate of drug-likeness (QED) is 0.695. The molecule has 0 unspecified atom stereocenters. The molecular formula is C25H23FN2O3. The molecule has 1 aliphatic carbocycles. The van der Waals surface area contributed by atoms with Crippen molar-refractivity contribution in [1.29, 1.82) is 0 Å². The van der Waals surface area contributed by atoms with E-state index in [2.05, 4.69) is 5.32 Å². The summed E-state index contributed by atoms with van der Waals surface area (Å²) in [6.45, 7) is 3.97. The van der Waals surface area contributed by atoms with Crippen molar-refractivity contribution in [3.8, 4) is 5.69 Å². The van der Waals surface area contributed by atoms with Crippen molar-refractivity contribution in [1.82, 2.24) is 9.88 Å². The van der Waals surface area contributed by atoms with E-state index in [1.54, 1.807) is 42.6 Å². The van der Waals surface area contributed by atoms with Gasteiger partial charge in [-0.3, -0.25) is 19.0 Å². The Bertz CT molecular complexity index is 1230. The van der Waals surface area contributed by atoms with Crippen LogP contribution >= 0.6 is 0 Å². The fourth-order valence-corrected chi connectivity index (χ4v) is 4.08. The topological polar surface area (TPSA) is 68.2 Å². The van der Waals surface area contributed by atoms with Crippen molar-refractivity contribution in [3.05, 3.63) is 99.2 Å². The van der Waals surface area contributed by atoms with E-state index < -0.39 is 17.3 Å². The van der Waals surface area contributed by atoms with E-state index in [1.165, 1.54) is 16.7 Å². The van der Waals surface area contributed by atoms with Crippen molar-refractivity contribution in [2.45, 2.75) is 33.2 Å². The molecule has 0 aliphatic heterocycles. The van der Waals surface area contributed by atoms with Gasteiger partial charge in [-0.15, -0.1) is 0 Å². The maximum atomic E-state index is 13.5. The van der Waals surface area contributed by atoms with Crippen LogP contribution in [-0.2, 0) is 13.0 Å². The van der Waals surface area contributed by atoms with Crippen LogP contribution in [0.2, 0.25) is 0 Å². The molecule has 1 aromatic heterocycles. The molecule has 1 amide bonds. The summed E-state index contributed by atoms with van der Waals surface area (Å²) >= 11 is 0. The molecule has 1 N–H and O–H groups in total. The lowest BCUT2D eigenvalue weighted by Gasteiger charge is -2.31. The Morgan fingerprint density at radius 1 is 1.06 bits per heavy atom. The van der Waals surface area contributed by atoms with Crippen LogP contribution in [0, 0.1) is 11.2 Å². The number of hydrogen-bond acceptors (Lipinski definition) is 3. The highest BCUT2D eigenvalue weighted by atomic mass is 19.1. The summed E-state index contributed by atoms with van der Waals surface area (Å²) < 4.78 is 14.8. The van der Waals surface area contributed by atoms with Crippen LogP contribution in [0.1, 0.15) is 52.1 Å². The summed E-state index contributed by atoms with van der Waals surface area (Å²) in [6.07, 6.45) is 2.34.